The summed E-state index contributed by atoms with van der Waals surface area (Å²) in [5, 5.41) is 4.32. The fourth-order valence-electron chi connectivity index (χ4n) is 2.67. The van der Waals surface area contributed by atoms with Crippen molar-refractivity contribution in [3.63, 3.8) is 0 Å². The molecule has 1 atom stereocenters. The zero-order valence-corrected chi connectivity index (χ0v) is 13.9. The Balaban J connectivity index is 1.82. The third-order valence-corrected chi connectivity index (χ3v) is 4.24. The molecule has 5 heteroatoms. The number of aromatic amines is 1. The Bertz CT molecular complexity index is 935. The van der Waals surface area contributed by atoms with Crippen molar-refractivity contribution in [2.45, 2.75) is 19.4 Å². The van der Waals surface area contributed by atoms with Crippen LogP contribution in [0.2, 0.25) is 5.02 Å². The maximum Gasteiger partial charge on any atom is 0.248 e. The van der Waals surface area contributed by atoms with Crippen LogP contribution in [0.5, 0.6) is 0 Å². The van der Waals surface area contributed by atoms with E-state index in [-0.39, 0.29) is 17.4 Å². The minimum Gasteiger partial charge on any atom is -0.351 e. The molecule has 4 nitrogen and oxygen atoms in total. The highest BCUT2D eigenvalue weighted by molar-refractivity contribution is 6.31. The number of carbonyl (C=O) groups is 1. The van der Waals surface area contributed by atoms with Crippen molar-refractivity contribution in [2.75, 3.05) is 0 Å². The van der Waals surface area contributed by atoms with Gasteiger partial charge in [0.1, 0.15) is 0 Å². The molecule has 24 heavy (non-hydrogen) atoms. The molecule has 0 aliphatic rings. The largest absolute Gasteiger partial charge is 0.351 e. The Kier molecular flexibility index (Phi) is 4.67. The van der Waals surface area contributed by atoms with E-state index in [0.717, 1.165) is 16.5 Å². The monoisotopic (exact) mass is 340 g/mol. The van der Waals surface area contributed by atoms with E-state index in [9.17, 15) is 9.59 Å². The van der Waals surface area contributed by atoms with Gasteiger partial charge >= 0.3 is 0 Å². The molecule has 3 aromatic rings. The summed E-state index contributed by atoms with van der Waals surface area (Å²) < 4.78 is 0. The maximum absolute atomic E-state index is 12.4. The minimum absolute atomic E-state index is 0.0763. The second-order valence-corrected chi connectivity index (χ2v) is 6.14. The van der Waals surface area contributed by atoms with Gasteiger partial charge in [-0.15, -0.1) is 0 Å². The standard InChI is InChI=1S/C19H17ClN2O2/c1-12(13-5-3-2-4-6-13)19(24)21-11-15-10-16(20)9-14-7-8-17(23)22-18(14)15/h2-10,12H,11H2,1H3,(H,21,24)(H,22,23). The number of halogens is 1. The number of fused-ring (bicyclic) bond motifs is 1. The van der Waals surface area contributed by atoms with Crippen molar-refractivity contribution in [1.29, 1.82) is 0 Å². The van der Waals surface area contributed by atoms with Crippen molar-refractivity contribution >= 4 is 28.4 Å². The first-order valence-electron chi connectivity index (χ1n) is 7.69. The summed E-state index contributed by atoms with van der Waals surface area (Å²) in [5.74, 6) is -0.330. The third-order valence-electron chi connectivity index (χ3n) is 4.02. The molecular formula is C19H17ClN2O2. The molecule has 1 amide bonds. The van der Waals surface area contributed by atoms with Gasteiger partial charge in [0.15, 0.2) is 0 Å². The highest BCUT2D eigenvalue weighted by Crippen LogP contribution is 2.22. The molecule has 0 aliphatic carbocycles. The molecule has 0 saturated carbocycles. The van der Waals surface area contributed by atoms with Gasteiger partial charge in [-0.3, -0.25) is 9.59 Å². The summed E-state index contributed by atoms with van der Waals surface area (Å²) in [4.78, 5) is 26.8. The number of amides is 1. The number of benzene rings is 2. The fraction of sp³-hybridized carbons (Fsp3) is 0.158. The van der Waals surface area contributed by atoms with Crippen molar-refractivity contribution in [2.24, 2.45) is 0 Å². The molecule has 0 bridgehead atoms. The van der Waals surface area contributed by atoms with Gasteiger partial charge in [0, 0.05) is 23.0 Å². The van der Waals surface area contributed by atoms with Gasteiger partial charge < -0.3 is 10.3 Å². The first kappa shape index (κ1) is 16.3. The normalized spacial score (nSPS) is 12.1. The first-order valence-corrected chi connectivity index (χ1v) is 8.06. The Labute approximate surface area is 144 Å². The second-order valence-electron chi connectivity index (χ2n) is 5.70. The number of hydrogen-bond acceptors (Lipinski definition) is 2. The number of aromatic nitrogens is 1. The van der Waals surface area contributed by atoms with Crippen LogP contribution in [0.15, 0.2) is 59.4 Å². The topological polar surface area (TPSA) is 62.0 Å². The van der Waals surface area contributed by atoms with Crippen molar-refractivity contribution in [3.05, 3.63) is 81.1 Å². The Morgan fingerprint density at radius 3 is 2.67 bits per heavy atom. The fourth-order valence-corrected chi connectivity index (χ4v) is 2.92. The molecule has 2 N–H and O–H groups in total. The Morgan fingerprint density at radius 2 is 1.92 bits per heavy atom. The van der Waals surface area contributed by atoms with Crippen LogP contribution in [0.25, 0.3) is 10.9 Å². The summed E-state index contributed by atoms with van der Waals surface area (Å²) >= 11 is 6.13. The molecule has 0 saturated heterocycles. The van der Waals surface area contributed by atoms with Crippen LogP contribution in [-0.4, -0.2) is 10.9 Å². The predicted molar refractivity (Wildman–Crippen MR) is 96.3 cm³/mol. The summed E-state index contributed by atoms with van der Waals surface area (Å²) in [7, 11) is 0. The van der Waals surface area contributed by atoms with E-state index in [0.29, 0.717) is 17.1 Å². The van der Waals surface area contributed by atoms with E-state index in [1.54, 1.807) is 18.2 Å². The number of carbonyl (C=O) groups excluding carboxylic acids is 1. The SMILES string of the molecule is CC(C(=O)NCc1cc(Cl)cc2ccc(=O)[nH]c12)c1ccccc1. The zero-order chi connectivity index (χ0) is 17.1. The molecule has 0 radical (unpaired) electrons. The molecule has 3 rings (SSSR count). The van der Waals surface area contributed by atoms with E-state index in [1.807, 2.05) is 37.3 Å². The van der Waals surface area contributed by atoms with Crippen LogP contribution < -0.4 is 10.9 Å². The molecular weight excluding hydrogens is 324 g/mol. The van der Waals surface area contributed by atoms with Crippen LogP contribution in [0.1, 0.15) is 24.0 Å². The Morgan fingerprint density at radius 1 is 1.17 bits per heavy atom. The van der Waals surface area contributed by atoms with E-state index in [4.69, 9.17) is 11.6 Å². The van der Waals surface area contributed by atoms with Gasteiger partial charge in [-0.25, -0.2) is 0 Å². The lowest BCUT2D eigenvalue weighted by molar-refractivity contribution is -0.122. The molecule has 122 valence electrons. The first-order chi connectivity index (χ1) is 11.5. The number of H-pyrrole nitrogens is 1. The number of hydrogen-bond donors (Lipinski definition) is 2. The summed E-state index contributed by atoms with van der Waals surface area (Å²) in [6.45, 7) is 2.16. The lowest BCUT2D eigenvalue weighted by Crippen LogP contribution is -2.27. The highest BCUT2D eigenvalue weighted by atomic mass is 35.5. The Hall–Kier alpha value is -2.59. The van der Waals surface area contributed by atoms with Crippen molar-refractivity contribution in [3.8, 4) is 0 Å². The zero-order valence-electron chi connectivity index (χ0n) is 13.2. The second kappa shape index (κ2) is 6.89. The van der Waals surface area contributed by atoms with Gasteiger partial charge in [-0.2, -0.15) is 0 Å². The van der Waals surface area contributed by atoms with Crippen LogP contribution in [-0.2, 0) is 11.3 Å². The lowest BCUT2D eigenvalue weighted by atomic mass is 10.0. The average molecular weight is 341 g/mol. The predicted octanol–water partition coefficient (Wildman–Crippen LogP) is 3.60. The molecule has 1 heterocycles. The minimum atomic E-state index is -0.254. The van der Waals surface area contributed by atoms with Gasteiger partial charge in [0.2, 0.25) is 11.5 Å². The van der Waals surface area contributed by atoms with E-state index >= 15 is 0 Å². The quantitative estimate of drug-likeness (QED) is 0.762. The summed E-state index contributed by atoms with van der Waals surface area (Å²) in [6.07, 6.45) is 0. The van der Waals surface area contributed by atoms with Crippen molar-refractivity contribution in [1.82, 2.24) is 10.3 Å². The van der Waals surface area contributed by atoms with Gasteiger partial charge in [0.25, 0.3) is 0 Å². The molecule has 1 unspecified atom stereocenters. The molecule has 0 spiro atoms. The lowest BCUT2D eigenvalue weighted by Gasteiger charge is -2.14. The van der Waals surface area contributed by atoms with Crippen LogP contribution >= 0.6 is 11.6 Å². The smallest absolute Gasteiger partial charge is 0.248 e. The number of rotatable bonds is 4. The molecule has 2 aromatic carbocycles. The molecule has 1 aromatic heterocycles. The van der Waals surface area contributed by atoms with E-state index in [2.05, 4.69) is 10.3 Å². The van der Waals surface area contributed by atoms with E-state index in [1.165, 1.54) is 6.07 Å². The summed E-state index contributed by atoms with van der Waals surface area (Å²) in [6, 6.07) is 16.3. The van der Waals surface area contributed by atoms with Gasteiger partial charge in [0.05, 0.1) is 11.4 Å². The van der Waals surface area contributed by atoms with Crippen LogP contribution in [0.4, 0.5) is 0 Å². The third kappa shape index (κ3) is 3.49. The van der Waals surface area contributed by atoms with Crippen LogP contribution in [0, 0.1) is 0 Å². The highest BCUT2D eigenvalue weighted by Gasteiger charge is 2.15. The van der Waals surface area contributed by atoms with Gasteiger partial charge in [-0.1, -0.05) is 41.9 Å². The number of nitrogens with one attached hydrogen (secondary N) is 2. The van der Waals surface area contributed by atoms with Crippen LogP contribution in [0.3, 0.4) is 0 Å². The van der Waals surface area contributed by atoms with Gasteiger partial charge in [-0.05, 0) is 36.2 Å². The van der Waals surface area contributed by atoms with E-state index < -0.39 is 0 Å². The van der Waals surface area contributed by atoms with Crippen molar-refractivity contribution < 1.29 is 4.79 Å². The number of pyridine rings is 1. The molecule has 0 fully saturated rings. The molecule has 0 aliphatic heterocycles. The maximum atomic E-state index is 12.4. The summed E-state index contributed by atoms with van der Waals surface area (Å²) in [5.41, 5.74) is 2.25. The average Bonchev–Trinajstić information content (AvgIpc) is 2.60.